The Hall–Kier alpha value is -1.67. The third-order valence-electron chi connectivity index (χ3n) is 14.0. The summed E-state index contributed by atoms with van der Waals surface area (Å²) >= 11 is 0. The number of unbranched alkanes of at least 4 members (excludes halogenated alkanes) is 37. The van der Waals surface area contributed by atoms with E-state index in [1.54, 1.807) is 0 Å². The smallest absolute Gasteiger partial charge is 0.221 e. The van der Waals surface area contributed by atoms with Gasteiger partial charge < -0.3 is 26.2 Å². The third-order valence-corrected chi connectivity index (χ3v) is 14.0. The second kappa shape index (κ2) is 56.9. The Morgan fingerprint density at radius 2 is 0.493 bits per heavy atom. The molecule has 3 amide bonds. The van der Waals surface area contributed by atoms with Crippen LogP contribution in [0.3, 0.4) is 0 Å². The molecule has 0 radical (unpaired) electrons. The Kier molecular flexibility index (Phi) is 55.5. The molecule has 8 nitrogen and oxygen atoms in total. The van der Waals surface area contributed by atoms with Crippen molar-refractivity contribution in [3.63, 3.8) is 0 Å². The summed E-state index contributed by atoms with van der Waals surface area (Å²) in [5.41, 5.74) is 0. The predicted octanol–water partition coefficient (Wildman–Crippen LogP) is 15.8. The number of rotatable bonds is 57. The monoisotopic (exact) mass is 946 g/mol. The van der Waals surface area contributed by atoms with Crippen LogP contribution in [0.25, 0.3) is 0 Å². The van der Waals surface area contributed by atoms with Crippen LogP contribution in [0.4, 0.5) is 0 Å². The van der Waals surface area contributed by atoms with Crippen molar-refractivity contribution in [1.82, 2.24) is 26.2 Å². The molecule has 0 rings (SSSR count). The molecule has 4 N–H and O–H groups in total. The fraction of sp³-hybridized carbons (Fsp3) is 0.949. The molecule has 0 bridgehead atoms. The van der Waals surface area contributed by atoms with E-state index < -0.39 is 0 Å². The quantitative estimate of drug-likeness (QED) is 0.0455. The molecular formula is C59H119N5O3. The Morgan fingerprint density at radius 1 is 0.254 bits per heavy atom. The number of nitrogens with zero attached hydrogens (tertiary/aromatic N) is 1. The van der Waals surface area contributed by atoms with Crippen molar-refractivity contribution in [2.24, 2.45) is 0 Å². The Bertz CT molecular complexity index is 966. The van der Waals surface area contributed by atoms with Gasteiger partial charge in [0.1, 0.15) is 0 Å². The maximum absolute atomic E-state index is 12.8. The first kappa shape index (κ1) is 65.3. The van der Waals surface area contributed by atoms with Crippen molar-refractivity contribution in [2.75, 3.05) is 52.4 Å². The van der Waals surface area contributed by atoms with E-state index in [0.29, 0.717) is 32.4 Å². The van der Waals surface area contributed by atoms with Crippen molar-refractivity contribution in [1.29, 1.82) is 0 Å². The molecule has 0 aliphatic heterocycles. The van der Waals surface area contributed by atoms with Crippen LogP contribution in [-0.2, 0) is 14.4 Å². The summed E-state index contributed by atoms with van der Waals surface area (Å²) in [6.45, 7) is 13.6. The van der Waals surface area contributed by atoms with Gasteiger partial charge in [0.2, 0.25) is 17.7 Å². The van der Waals surface area contributed by atoms with Gasteiger partial charge in [-0.1, -0.05) is 245 Å². The maximum atomic E-state index is 12.8. The molecule has 0 atom stereocenters. The maximum Gasteiger partial charge on any atom is 0.221 e. The minimum atomic E-state index is 0.143. The zero-order chi connectivity index (χ0) is 48.6. The average Bonchev–Trinajstić information content (AvgIpc) is 3.33. The molecule has 0 saturated carbocycles. The van der Waals surface area contributed by atoms with Crippen LogP contribution in [-0.4, -0.2) is 75.0 Å². The van der Waals surface area contributed by atoms with Gasteiger partial charge in [-0.05, 0) is 64.6 Å². The highest BCUT2D eigenvalue weighted by Crippen LogP contribution is 2.15. The zero-order valence-corrected chi connectivity index (χ0v) is 45.6. The van der Waals surface area contributed by atoms with Crippen LogP contribution >= 0.6 is 0 Å². The number of amides is 3. The number of nitrogens with one attached hydrogen (secondary N) is 4. The highest BCUT2D eigenvalue weighted by molar-refractivity contribution is 5.76. The van der Waals surface area contributed by atoms with E-state index in [-0.39, 0.29) is 17.7 Å². The molecule has 0 heterocycles. The molecule has 0 saturated heterocycles. The fourth-order valence-electron chi connectivity index (χ4n) is 9.30. The summed E-state index contributed by atoms with van der Waals surface area (Å²) in [6.07, 6.45) is 56.1. The molecule has 0 aliphatic rings. The SMILES string of the molecule is CCCCCCCCCCCCCCNC(=O)CCCCCNCCCCCN(CCC(=O)NCCCCCCCCCCCCCC)CCC(=O)NCCCCCCCCCCCCCC. The van der Waals surface area contributed by atoms with Gasteiger partial charge in [-0.25, -0.2) is 0 Å². The molecule has 0 aromatic carbocycles. The normalized spacial score (nSPS) is 11.5. The second-order valence-corrected chi connectivity index (χ2v) is 20.7. The van der Waals surface area contributed by atoms with Gasteiger partial charge in [0.15, 0.2) is 0 Å². The molecule has 0 aromatic heterocycles. The average molecular weight is 947 g/mol. The van der Waals surface area contributed by atoms with Gasteiger partial charge in [0.25, 0.3) is 0 Å². The van der Waals surface area contributed by atoms with Crippen LogP contribution in [0, 0.1) is 0 Å². The van der Waals surface area contributed by atoms with Gasteiger partial charge in [0, 0.05) is 52.0 Å². The lowest BCUT2D eigenvalue weighted by atomic mass is 10.1. The van der Waals surface area contributed by atoms with Crippen molar-refractivity contribution in [3.8, 4) is 0 Å². The van der Waals surface area contributed by atoms with E-state index in [1.165, 1.54) is 212 Å². The van der Waals surface area contributed by atoms with Gasteiger partial charge in [-0.2, -0.15) is 0 Å². The lowest BCUT2D eigenvalue weighted by Crippen LogP contribution is -2.35. The molecule has 8 heteroatoms. The third kappa shape index (κ3) is 55.1. The Labute approximate surface area is 418 Å². The first-order valence-corrected chi connectivity index (χ1v) is 30.3. The minimum absolute atomic E-state index is 0.143. The highest BCUT2D eigenvalue weighted by atomic mass is 16.2. The lowest BCUT2D eigenvalue weighted by molar-refractivity contribution is -0.122. The van der Waals surface area contributed by atoms with Gasteiger partial charge in [-0.15, -0.1) is 0 Å². The van der Waals surface area contributed by atoms with Gasteiger partial charge >= 0.3 is 0 Å². The van der Waals surface area contributed by atoms with E-state index in [4.69, 9.17) is 0 Å². The standard InChI is InChI=1S/C59H119N5O3/c1-4-7-10-13-16-19-22-25-28-31-34-42-51-61-57(65)46-39-37-40-49-60-50-41-38-45-54-64(55-47-58(66)62-52-43-35-32-29-26-23-20-17-14-11-8-5-2)56-48-59(67)63-53-44-36-33-30-27-24-21-18-15-12-9-6-3/h60H,4-56H2,1-3H3,(H,61,65)(H,62,66)(H,63,67). The Morgan fingerprint density at radius 3 is 0.806 bits per heavy atom. The van der Waals surface area contributed by atoms with Crippen molar-refractivity contribution in [2.45, 2.75) is 310 Å². The van der Waals surface area contributed by atoms with Gasteiger partial charge in [0.05, 0.1) is 0 Å². The highest BCUT2D eigenvalue weighted by Gasteiger charge is 2.11. The first-order chi connectivity index (χ1) is 33.0. The summed E-state index contributed by atoms with van der Waals surface area (Å²) in [4.78, 5) is 40.2. The summed E-state index contributed by atoms with van der Waals surface area (Å²) in [5, 5.41) is 13.1. The second-order valence-electron chi connectivity index (χ2n) is 20.7. The predicted molar refractivity (Wildman–Crippen MR) is 293 cm³/mol. The van der Waals surface area contributed by atoms with Crippen LogP contribution < -0.4 is 21.3 Å². The largest absolute Gasteiger partial charge is 0.356 e. The number of carbonyl (C=O) groups is 3. The van der Waals surface area contributed by atoms with E-state index in [2.05, 4.69) is 46.9 Å². The van der Waals surface area contributed by atoms with Crippen molar-refractivity contribution < 1.29 is 14.4 Å². The summed E-state index contributed by atoms with van der Waals surface area (Å²) in [7, 11) is 0. The number of hydrogen-bond acceptors (Lipinski definition) is 5. The van der Waals surface area contributed by atoms with Crippen molar-refractivity contribution in [3.05, 3.63) is 0 Å². The summed E-state index contributed by atoms with van der Waals surface area (Å²) < 4.78 is 0. The molecule has 0 spiro atoms. The van der Waals surface area contributed by atoms with E-state index in [1.807, 2.05) is 0 Å². The molecule has 0 aliphatic carbocycles. The van der Waals surface area contributed by atoms with E-state index in [9.17, 15) is 14.4 Å². The Balaban J connectivity index is 4.16. The number of carbonyl (C=O) groups excluding carboxylic acids is 3. The van der Waals surface area contributed by atoms with Crippen LogP contribution in [0.5, 0.6) is 0 Å². The topological polar surface area (TPSA) is 103 Å². The molecule has 398 valence electrons. The van der Waals surface area contributed by atoms with Crippen LogP contribution in [0.15, 0.2) is 0 Å². The van der Waals surface area contributed by atoms with Crippen LogP contribution in [0.2, 0.25) is 0 Å². The number of hydrogen-bond donors (Lipinski definition) is 4. The van der Waals surface area contributed by atoms with Gasteiger partial charge in [-0.3, -0.25) is 14.4 Å². The fourth-order valence-corrected chi connectivity index (χ4v) is 9.30. The molecule has 67 heavy (non-hydrogen) atoms. The zero-order valence-electron chi connectivity index (χ0n) is 45.6. The minimum Gasteiger partial charge on any atom is -0.356 e. The van der Waals surface area contributed by atoms with E-state index in [0.717, 1.165) is 97.1 Å². The summed E-state index contributed by atoms with van der Waals surface area (Å²) in [6, 6.07) is 0. The van der Waals surface area contributed by atoms with Crippen molar-refractivity contribution >= 4 is 17.7 Å². The molecule has 0 aromatic rings. The molecular weight excluding hydrogens is 827 g/mol. The molecule has 0 unspecified atom stereocenters. The lowest BCUT2D eigenvalue weighted by Gasteiger charge is -2.22. The van der Waals surface area contributed by atoms with Crippen LogP contribution in [0.1, 0.15) is 310 Å². The first-order valence-electron chi connectivity index (χ1n) is 30.3. The molecule has 0 fully saturated rings. The summed E-state index contributed by atoms with van der Waals surface area (Å²) in [5.74, 6) is 0.504. The van der Waals surface area contributed by atoms with E-state index >= 15 is 0 Å².